The normalized spacial score (nSPS) is 11.5. The number of imidazole rings is 1. The quantitative estimate of drug-likeness (QED) is 0.410. The molecule has 0 spiro atoms. The maximum absolute atomic E-state index is 13.4. The molecule has 142 valence electrons. The molecule has 0 aliphatic heterocycles. The number of hydrogen-bond donors (Lipinski definition) is 1. The van der Waals surface area contributed by atoms with Crippen LogP contribution in [0.2, 0.25) is 0 Å². The number of nitrogens with zero attached hydrogens (tertiary/aromatic N) is 2. The van der Waals surface area contributed by atoms with E-state index < -0.39 is 18.2 Å². The molecule has 3 aromatic rings. The van der Waals surface area contributed by atoms with Crippen LogP contribution in [0.3, 0.4) is 0 Å². The second-order valence-electron chi connectivity index (χ2n) is 5.24. The number of anilines is 1. The minimum Gasteiger partial charge on any atom is -0.324 e. The summed E-state index contributed by atoms with van der Waals surface area (Å²) in [6.07, 6.45) is 0. The second kappa shape index (κ2) is 8.66. The fourth-order valence-corrected chi connectivity index (χ4v) is 3.81. The average molecular weight is 415 g/mol. The first-order valence-electron chi connectivity index (χ1n) is 7.67. The Kier molecular flexibility index (Phi) is 6.27. The Morgan fingerprint density at radius 2 is 1.78 bits per heavy atom. The van der Waals surface area contributed by atoms with Gasteiger partial charge in [0.1, 0.15) is 0 Å². The summed E-state index contributed by atoms with van der Waals surface area (Å²) in [5, 5.41) is 2.54. The van der Waals surface area contributed by atoms with Crippen LogP contribution in [0.4, 0.5) is 23.2 Å². The molecule has 0 fully saturated rings. The van der Waals surface area contributed by atoms with Crippen LogP contribution in [0.25, 0.3) is 11.0 Å². The number of nitrogens with one attached hydrogen (secondary N) is 1. The predicted octanol–water partition coefficient (Wildman–Crippen LogP) is 5.48. The van der Waals surface area contributed by atoms with Crippen molar-refractivity contribution in [1.29, 1.82) is 0 Å². The summed E-state index contributed by atoms with van der Waals surface area (Å²) in [7, 11) is 0. The van der Waals surface area contributed by atoms with Gasteiger partial charge in [0.15, 0.2) is 5.16 Å². The third-order valence-corrected chi connectivity index (χ3v) is 5.21. The van der Waals surface area contributed by atoms with E-state index in [0.29, 0.717) is 17.3 Å². The van der Waals surface area contributed by atoms with Gasteiger partial charge in [-0.05, 0) is 24.3 Å². The first kappa shape index (κ1) is 19.6. The minimum atomic E-state index is -2.80. The van der Waals surface area contributed by atoms with Gasteiger partial charge in [0.25, 0.3) is 5.76 Å². The van der Waals surface area contributed by atoms with Crippen molar-refractivity contribution in [2.24, 2.45) is 0 Å². The molecule has 10 heteroatoms. The topological polar surface area (TPSA) is 46.9 Å². The van der Waals surface area contributed by atoms with Crippen LogP contribution in [0.5, 0.6) is 0 Å². The molecule has 3 rings (SSSR count). The lowest BCUT2D eigenvalue weighted by Gasteiger charge is -2.10. The smallest absolute Gasteiger partial charge is 0.321 e. The highest BCUT2D eigenvalue weighted by Crippen LogP contribution is 2.32. The van der Waals surface area contributed by atoms with Crippen molar-refractivity contribution in [3.8, 4) is 0 Å². The summed E-state index contributed by atoms with van der Waals surface area (Å²) in [5.74, 6) is -3.32. The summed E-state index contributed by atoms with van der Waals surface area (Å²) in [6, 6.07) is 12.6. The molecule has 1 amide bonds. The van der Waals surface area contributed by atoms with Gasteiger partial charge >= 0.3 is 6.55 Å². The molecule has 27 heavy (non-hydrogen) atoms. The molecule has 0 saturated carbocycles. The van der Waals surface area contributed by atoms with Crippen LogP contribution in [0.15, 0.2) is 58.6 Å². The van der Waals surface area contributed by atoms with Crippen LogP contribution < -0.4 is 5.32 Å². The lowest BCUT2D eigenvalue weighted by Crippen LogP contribution is -2.15. The standard InChI is InChI=1S/C17H13F4N3OS2/c18-15(19)24-12-7-3-1-5-10(12)23-17(24)26-9-14(25)22-11-6-2-4-8-13(11)27-16(20)21/h1-8,15-16H,9H2,(H,22,25). The molecular formula is C17H13F4N3OS2. The zero-order valence-corrected chi connectivity index (χ0v) is 15.2. The number of fused-ring (bicyclic) bond motifs is 1. The molecular weight excluding hydrogens is 402 g/mol. The van der Waals surface area contributed by atoms with Gasteiger partial charge in [0.05, 0.1) is 22.5 Å². The van der Waals surface area contributed by atoms with E-state index in [2.05, 4.69) is 10.3 Å². The number of halogens is 4. The van der Waals surface area contributed by atoms with E-state index in [0.717, 1.165) is 16.3 Å². The molecule has 1 N–H and O–H groups in total. The molecule has 0 unspecified atom stereocenters. The largest absolute Gasteiger partial charge is 0.324 e. The van der Waals surface area contributed by atoms with Crippen molar-refractivity contribution in [1.82, 2.24) is 9.55 Å². The van der Waals surface area contributed by atoms with Crippen LogP contribution in [0, 0.1) is 0 Å². The van der Waals surface area contributed by atoms with E-state index in [9.17, 15) is 22.4 Å². The van der Waals surface area contributed by atoms with E-state index in [-0.39, 0.29) is 27.0 Å². The minimum absolute atomic E-state index is 0.0107. The number of rotatable bonds is 7. The molecule has 0 saturated heterocycles. The zero-order valence-electron chi connectivity index (χ0n) is 13.6. The van der Waals surface area contributed by atoms with Crippen molar-refractivity contribution in [2.75, 3.05) is 11.1 Å². The van der Waals surface area contributed by atoms with Gasteiger partial charge in [-0.25, -0.2) is 4.98 Å². The number of amides is 1. The Bertz CT molecular complexity index is 949. The second-order valence-corrected chi connectivity index (χ2v) is 7.22. The number of para-hydroxylation sites is 3. The molecule has 0 atom stereocenters. The van der Waals surface area contributed by atoms with Gasteiger partial charge in [-0.2, -0.15) is 17.6 Å². The van der Waals surface area contributed by atoms with Crippen molar-refractivity contribution in [3.63, 3.8) is 0 Å². The Hall–Kier alpha value is -2.20. The van der Waals surface area contributed by atoms with Crippen molar-refractivity contribution in [2.45, 2.75) is 22.4 Å². The van der Waals surface area contributed by atoms with Gasteiger partial charge in [0, 0.05) is 4.90 Å². The van der Waals surface area contributed by atoms with E-state index in [4.69, 9.17) is 0 Å². The first-order valence-corrected chi connectivity index (χ1v) is 9.54. The highest BCUT2D eigenvalue weighted by Gasteiger charge is 2.19. The number of alkyl halides is 4. The third kappa shape index (κ3) is 4.75. The Balaban J connectivity index is 1.72. The predicted molar refractivity (Wildman–Crippen MR) is 98.6 cm³/mol. The fraction of sp³-hybridized carbons (Fsp3) is 0.176. The van der Waals surface area contributed by atoms with Gasteiger partial charge in [-0.1, -0.05) is 47.8 Å². The van der Waals surface area contributed by atoms with Crippen molar-refractivity contribution in [3.05, 3.63) is 48.5 Å². The van der Waals surface area contributed by atoms with Crippen molar-refractivity contribution >= 4 is 46.2 Å². The first-order chi connectivity index (χ1) is 13.0. The molecule has 0 aliphatic carbocycles. The molecule has 0 radical (unpaired) electrons. The Labute approximate surface area is 160 Å². The van der Waals surface area contributed by atoms with Crippen LogP contribution >= 0.6 is 23.5 Å². The zero-order chi connectivity index (χ0) is 19.4. The maximum Gasteiger partial charge on any atom is 0.321 e. The van der Waals surface area contributed by atoms with Crippen molar-refractivity contribution < 1.29 is 22.4 Å². The molecule has 1 aromatic heterocycles. The Morgan fingerprint density at radius 1 is 1.07 bits per heavy atom. The van der Waals surface area contributed by atoms with Gasteiger partial charge < -0.3 is 5.32 Å². The SMILES string of the molecule is O=C(CSc1nc2ccccc2n1C(F)F)Nc1ccccc1SC(F)F. The summed E-state index contributed by atoms with van der Waals surface area (Å²) < 4.78 is 52.7. The number of thioether (sulfide) groups is 2. The Morgan fingerprint density at radius 3 is 2.52 bits per heavy atom. The number of aromatic nitrogens is 2. The highest BCUT2D eigenvalue weighted by molar-refractivity contribution is 8.00. The molecule has 0 aliphatic rings. The molecule has 1 heterocycles. The molecule has 2 aromatic carbocycles. The highest BCUT2D eigenvalue weighted by atomic mass is 32.2. The molecule has 4 nitrogen and oxygen atoms in total. The lowest BCUT2D eigenvalue weighted by molar-refractivity contribution is -0.113. The fourth-order valence-electron chi connectivity index (χ4n) is 2.40. The summed E-state index contributed by atoms with van der Waals surface area (Å²) in [6.45, 7) is -2.80. The lowest BCUT2D eigenvalue weighted by atomic mass is 10.3. The van der Waals surface area contributed by atoms with Gasteiger partial charge in [0.2, 0.25) is 5.91 Å². The maximum atomic E-state index is 13.4. The summed E-state index contributed by atoms with van der Waals surface area (Å²) >= 11 is 1.17. The van der Waals surface area contributed by atoms with Crippen LogP contribution in [-0.4, -0.2) is 27.0 Å². The number of carbonyl (C=O) groups excluding carboxylic acids is 1. The van der Waals surface area contributed by atoms with Gasteiger partial charge in [-0.15, -0.1) is 0 Å². The summed E-state index contributed by atoms with van der Waals surface area (Å²) in [4.78, 5) is 16.5. The third-order valence-electron chi connectivity index (χ3n) is 3.47. The van der Waals surface area contributed by atoms with E-state index in [1.165, 1.54) is 18.2 Å². The molecule has 0 bridgehead atoms. The number of carbonyl (C=O) groups is 1. The number of hydrogen-bond acceptors (Lipinski definition) is 4. The van der Waals surface area contributed by atoms with Crippen LogP contribution in [-0.2, 0) is 4.79 Å². The van der Waals surface area contributed by atoms with Crippen LogP contribution in [0.1, 0.15) is 6.55 Å². The number of benzene rings is 2. The van der Waals surface area contributed by atoms with E-state index in [1.54, 1.807) is 30.3 Å². The van der Waals surface area contributed by atoms with E-state index in [1.807, 2.05) is 0 Å². The van der Waals surface area contributed by atoms with E-state index >= 15 is 0 Å². The van der Waals surface area contributed by atoms with Gasteiger partial charge in [-0.3, -0.25) is 9.36 Å². The monoisotopic (exact) mass is 415 g/mol. The summed E-state index contributed by atoms with van der Waals surface area (Å²) in [5.41, 5.74) is 0.921. The average Bonchev–Trinajstić information content (AvgIpc) is 3.00.